The van der Waals surface area contributed by atoms with Gasteiger partial charge in [0, 0.05) is 23.2 Å². The first-order valence-corrected chi connectivity index (χ1v) is 13.2. The second-order valence-electron chi connectivity index (χ2n) is 7.29. The third-order valence-electron chi connectivity index (χ3n) is 5.33. The lowest BCUT2D eigenvalue weighted by Gasteiger charge is -2.17. The summed E-state index contributed by atoms with van der Waals surface area (Å²) in [5, 5.41) is 9.03. The molecule has 0 radical (unpaired) electrons. The Hall–Kier alpha value is -2.79. The monoisotopic (exact) mass is 482 g/mol. The lowest BCUT2D eigenvalue weighted by molar-refractivity contribution is -0.116. The van der Waals surface area contributed by atoms with Crippen molar-refractivity contribution in [3.8, 4) is 11.1 Å². The van der Waals surface area contributed by atoms with Crippen LogP contribution in [0.5, 0.6) is 0 Å². The molecule has 0 spiro atoms. The summed E-state index contributed by atoms with van der Waals surface area (Å²) >= 11 is 2.95. The van der Waals surface area contributed by atoms with Crippen molar-refractivity contribution < 1.29 is 13.2 Å². The number of aromatic nitrogens is 2. The Balaban J connectivity index is 1.39. The fraction of sp³-hybridized carbons (Fsp3) is 0.136. The predicted octanol–water partition coefficient (Wildman–Crippen LogP) is 3.69. The van der Waals surface area contributed by atoms with Crippen LogP contribution in [0.25, 0.3) is 21.3 Å². The number of rotatable bonds is 5. The molecule has 0 saturated heterocycles. The number of amides is 1. The van der Waals surface area contributed by atoms with Crippen molar-refractivity contribution in [2.75, 3.05) is 17.2 Å². The number of nitrogens with zero attached hydrogens (tertiary/aromatic N) is 3. The summed E-state index contributed by atoms with van der Waals surface area (Å²) in [6.45, 7) is 0.510. The molecular weight excluding hydrogens is 464 g/mol. The molecule has 0 unspecified atom stereocenters. The molecule has 1 aliphatic heterocycles. The maximum absolute atomic E-state index is 13.0. The van der Waals surface area contributed by atoms with Crippen molar-refractivity contribution in [2.45, 2.75) is 16.3 Å². The maximum atomic E-state index is 13.0. The first kappa shape index (κ1) is 21.1. The van der Waals surface area contributed by atoms with Gasteiger partial charge in [0.2, 0.25) is 15.9 Å². The van der Waals surface area contributed by atoms with E-state index < -0.39 is 10.0 Å². The van der Waals surface area contributed by atoms with Gasteiger partial charge < -0.3 is 4.90 Å². The Kier molecular flexibility index (Phi) is 5.46. The molecule has 2 N–H and O–H groups in total. The van der Waals surface area contributed by atoms with Gasteiger partial charge in [-0.3, -0.25) is 4.79 Å². The Labute approximate surface area is 193 Å². The van der Waals surface area contributed by atoms with Crippen LogP contribution in [0.15, 0.2) is 70.2 Å². The number of carbonyl (C=O) groups is 1. The maximum Gasteiger partial charge on any atom is 0.238 e. The van der Waals surface area contributed by atoms with Crippen molar-refractivity contribution in [1.29, 1.82) is 0 Å². The zero-order chi connectivity index (χ0) is 22.3. The highest BCUT2D eigenvalue weighted by molar-refractivity contribution is 8.00. The van der Waals surface area contributed by atoms with E-state index in [1.165, 1.54) is 24.2 Å². The summed E-state index contributed by atoms with van der Waals surface area (Å²) in [5.74, 6) is 0.160. The average molecular weight is 483 g/mol. The number of hydrogen-bond donors (Lipinski definition) is 1. The number of thioether (sulfide) groups is 1. The number of anilines is 1. The van der Waals surface area contributed by atoms with Gasteiger partial charge in [-0.1, -0.05) is 42.1 Å². The predicted molar refractivity (Wildman–Crippen MR) is 127 cm³/mol. The number of carbonyl (C=O) groups excluding carboxylic acids is 1. The molecule has 0 aliphatic carbocycles. The Morgan fingerprint density at radius 2 is 1.97 bits per heavy atom. The number of benzene rings is 2. The summed E-state index contributed by atoms with van der Waals surface area (Å²) in [5.41, 5.74) is 3.68. The van der Waals surface area contributed by atoms with Crippen LogP contribution in [0.4, 0.5) is 5.69 Å². The molecule has 5 rings (SSSR count). The molecule has 162 valence electrons. The summed E-state index contributed by atoms with van der Waals surface area (Å²) in [7, 11) is -3.77. The van der Waals surface area contributed by atoms with Crippen molar-refractivity contribution in [2.24, 2.45) is 5.14 Å². The van der Waals surface area contributed by atoms with E-state index in [0.29, 0.717) is 13.0 Å². The van der Waals surface area contributed by atoms with Crippen molar-refractivity contribution >= 4 is 54.9 Å². The molecule has 0 saturated carbocycles. The second-order valence-corrected chi connectivity index (χ2v) is 10.7. The molecule has 7 nitrogen and oxygen atoms in total. The van der Waals surface area contributed by atoms with Crippen LogP contribution in [-0.4, -0.2) is 36.6 Å². The lowest BCUT2D eigenvalue weighted by atomic mass is 10.1. The van der Waals surface area contributed by atoms with Gasteiger partial charge in [-0.05, 0) is 35.7 Å². The van der Waals surface area contributed by atoms with E-state index in [1.807, 2.05) is 30.3 Å². The van der Waals surface area contributed by atoms with Crippen molar-refractivity contribution in [3.63, 3.8) is 0 Å². The van der Waals surface area contributed by atoms with Gasteiger partial charge in [0.05, 0.1) is 16.0 Å². The van der Waals surface area contributed by atoms with Gasteiger partial charge >= 0.3 is 0 Å². The largest absolute Gasteiger partial charge is 0.311 e. The molecular formula is C22H18N4O3S3. The van der Waals surface area contributed by atoms with Gasteiger partial charge in [-0.25, -0.2) is 23.5 Å². The molecule has 4 aromatic rings. The fourth-order valence-corrected chi connectivity index (χ4v) is 6.24. The SMILES string of the molecule is NS(=O)(=O)c1ccc2c(c1)CCN2C(=O)CSc1ncnc2scc(-c3ccccc3)c12. The van der Waals surface area contributed by atoms with E-state index in [4.69, 9.17) is 5.14 Å². The third-order valence-corrected chi connectivity index (χ3v) is 8.10. The molecule has 10 heteroatoms. The lowest BCUT2D eigenvalue weighted by Crippen LogP contribution is -2.30. The van der Waals surface area contributed by atoms with E-state index in [-0.39, 0.29) is 16.6 Å². The van der Waals surface area contributed by atoms with Crippen LogP contribution in [0.3, 0.4) is 0 Å². The van der Waals surface area contributed by atoms with Gasteiger partial charge in [-0.2, -0.15) is 0 Å². The van der Waals surface area contributed by atoms with Crippen LogP contribution < -0.4 is 10.0 Å². The molecule has 1 amide bonds. The highest BCUT2D eigenvalue weighted by Crippen LogP contribution is 2.38. The van der Waals surface area contributed by atoms with Gasteiger partial charge in [-0.15, -0.1) is 11.3 Å². The van der Waals surface area contributed by atoms with E-state index >= 15 is 0 Å². The number of nitrogens with two attached hydrogens (primary N) is 1. The summed E-state index contributed by atoms with van der Waals surface area (Å²) < 4.78 is 23.2. The van der Waals surface area contributed by atoms with Crippen LogP contribution in [0.2, 0.25) is 0 Å². The number of thiophene rings is 1. The topological polar surface area (TPSA) is 106 Å². The van der Waals surface area contributed by atoms with E-state index in [0.717, 1.165) is 37.6 Å². The molecule has 3 heterocycles. The summed E-state index contributed by atoms with van der Waals surface area (Å²) in [6.07, 6.45) is 2.12. The van der Waals surface area contributed by atoms with Gasteiger partial charge in [0.25, 0.3) is 0 Å². The first-order chi connectivity index (χ1) is 15.4. The van der Waals surface area contributed by atoms with E-state index in [1.54, 1.807) is 28.4 Å². The Morgan fingerprint density at radius 3 is 2.75 bits per heavy atom. The molecule has 0 atom stereocenters. The van der Waals surface area contributed by atoms with E-state index in [9.17, 15) is 13.2 Å². The standard InChI is InChI=1S/C22H18N4O3S3/c23-32(28,29)16-6-7-18-15(10-16)8-9-26(18)19(27)12-31-22-20-17(14-4-2-1-3-5-14)11-30-21(20)24-13-25-22/h1-7,10-11,13H,8-9,12H2,(H2,23,28,29). The van der Waals surface area contributed by atoms with Crippen LogP contribution in [0.1, 0.15) is 5.56 Å². The Morgan fingerprint density at radius 1 is 1.16 bits per heavy atom. The van der Waals surface area contributed by atoms with Crippen LogP contribution >= 0.6 is 23.1 Å². The zero-order valence-corrected chi connectivity index (χ0v) is 19.2. The minimum Gasteiger partial charge on any atom is -0.311 e. The molecule has 0 bridgehead atoms. The van der Waals surface area contributed by atoms with E-state index in [2.05, 4.69) is 15.3 Å². The van der Waals surface area contributed by atoms with Crippen molar-refractivity contribution in [3.05, 3.63) is 65.8 Å². The molecule has 2 aromatic carbocycles. The number of primary sulfonamides is 1. The minimum atomic E-state index is -3.77. The second kappa shape index (κ2) is 8.28. The quantitative estimate of drug-likeness (QED) is 0.344. The molecule has 1 aliphatic rings. The van der Waals surface area contributed by atoms with Crippen molar-refractivity contribution in [1.82, 2.24) is 9.97 Å². The number of sulfonamides is 1. The normalized spacial score (nSPS) is 13.5. The number of fused-ring (bicyclic) bond motifs is 2. The molecule has 2 aromatic heterocycles. The highest BCUT2D eigenvalue weighted by Gasteiger charge is 2.26. The fourth-order valence-electron chi connectivity index (χ4n) is 3.81. The number of hydrogen-bond acceptors (Lipinski definition) is 7. The minimum absolute atomic E-state index is 0.0552. The average Bonchev–Trinajstić information content (AvgIpc) is 3.42. The summed E-state index contributed by atoms with van der Waals surface area (Å²) in [4.78, 5) is 24.5. The van der Waals surface area contributed by atoms with Gasteiger partial charge in [0.1, 0.15) is 16.2 Å². The smallest absolute Gasteiger partial charge is 0.238 e. The Bertz CT molecular complexity index is 1440. The van der Waals surface area contributed by atoms with Crippen LogP contribution in [0, 0.1) is 0 Å². The molecule has 32 heavy (non-hydrogen) atoms. The molecule has 0 fully saturated rings. The third kappa shape index (κ3) is 3.90. The van der Waals surface area contributed by atoms with Gasteiger partial charge in [0.15, 0.2) is 0 Å². The first-order valence-electron chi connectivity index (χ1n) is 9.78. The zero-order valence-electron chi connectivity index (χ0n) is 16.8. The highest BCUT2D eigenvalue weighted by atomic mass is 32.2. The summed E-state index contributed by atoms with van der Waals surface area (Å²) in [6, 6.07) is 14.7. The van der Waals surface area contributed by atoms with Crippen LogP contribution in [-0.2, 0) is 21.2 Å².